The van der Waals surface area contributed by atoms with Crippen LogP contribution in [0, 0.1) is 0 Å². The molecule has 0 rings (SSSR count). The molecule has 0 aromatic heterocycles. The van der Waals surface area contributed by atoms with E-state index in [1.165, 1.54) is 13.8 Å². The third-order valence-electron chi connectivity index (χ3n) is 0.851. The summed E-state index contributed by atoms with van der Waals surface area (Å²) in [6.45, 7) is 2.53. The molecule has 0 spiro atoms. The van der Waals surface area contributed by atoms with Crippen molar-refractivity contribution in [3.63, 3.8) is 0 Å². The summed E-state index contributed by atoms with van der Waals surface area (Å²) in [6.07, 6.45) is -0.991. The summed E-state index contributed by atoms with van der Waals surface area (Å²) in [4.78, 5) is 10.4. The second-order valence-electron chi connectivity index (χ2n) is 1.84. The molecule has 0 fully saturated rings. The Hall–Kier alpha value is 0.137. The van der Waals surface area contributed by atoms with Gasteiger partial charge in [0.05, 0.1) is 0 Å². The Morgan fingerprint density at radius 3 is 2.00 bits per heavy atom. The number of hydrogen-bond donors (Lipinski definition) is 1. The van der Waals surface area contributed by atoms with E-state index in [2.05, 4.69) is 9.32 Å². The van der Waals surface area contributed by atoms with Gasteiger partial charge < -0.3 is 0 Å². The first-order valence-corrected chi connectivity index (χ1v) is 4.01. The summed E-state index contributed by atoms with van der Waals surface area (Å²) in [5.74, 6) is -0.381. The molecule has 7 heteroatoms. The molecule has 0 aliphatic heterocycles. The molecule has 0 saturated carbocycles. The number of ketones is 1. The third-order valence-corrected chi connectivity index (χ3v) is 1.41. The molecule has 0 radical (unpaired) electrons. The fourth-order valence-corrected chi connectivity index (χ4v) is 0.807. The van der Waals surface area contributed by atoms with E-state index in [0.29, 0.717) is 0 Å². The predicted octanol–water partition coefficient (Wildman–Crippen LogP) is -1.46. The maximum atomic E-state index is 10.4. The average molecular weight is 175 g/mol. The van der Waals surface area contributed by atoms with Gasteiger partial charge in [-0.25, -0.2) is 9.32 Å². The van der Waals surface area contributed by atoms with Gasteiger partial charge in [-0.05, 0) is 13.8 Å². The number of Topliss-reactive ketones (excluding diaryl/α,β-unsaturated/α-hetero) is 1. The first kappa shape index (κ1) is 13.7. The molecule has 2 N–H and O–H groups in total. The molecule has 11 heavy (non-hydrogen) atoms. The van der Waals surface area contributed by atoms with E-state index in [-0.39, 0.29) is 24.6 Å². The standard InChI is InChI=1S/C4H9NO4S.Li.H/c1-3(6)4(2)9-10(5,7)8;;/h4H,1-2H3,(H2,5,7,8);;. The van der Waals surface area contributed by atoms with Crippen molar-refractivity contribution >= 4 is 34.9 Å². The fourth-order valence-electron chi connectivity index (χ4n) is 0.269. The van der Waals surface area contributed by atoms with E-state index in [1.54, 1.807) is 0 Å². The summed E-state index contributed by atoms with van der Waals surface area (Å²) in [5.41, 5.74) is 0. The zero-order valence-corrected chi connectivity index (χ0v) is 6.51. The summed E-state index contributed by atoms with van der Waals surface area (Å²) in [5, 5.41) is 4.47. The zero-order valence-electron chi connectivity index (χ0n) is 5.70. The van der Waals surface area contributed by atoms with Crippen molar-refractivity contribution in [2.45, 2.75) is 20.0 Å². The van der Waals surface area contributed by atoms with Crippen LogP contribution in [-0.4, -0.2) is 39.2 Å². The van der Waals surface area contributed by atoms with Crippen LogP contribution in [0.4, 0.5) is 0 Å². The molecule has 0 bridgehead atoms. The second-order valence-corrected chi connectivity index (χ2v) is 3.02. The van der Waals surface area contributed by atoms with Crippen molar-refractivity contribution in [1.82, 2.24) is 0 Å². The Morgan fingerprint density at radius 1 is 1.55 bits per heavy atom. The Kier molecular flexibility index (Phi) is 6.11. The third kappa shape index (κ3) is 8.04. The van der Waals surface area contributed by atoms with Crippen LogP contribution in [0.2, 0.25) is 0 Å². The summed E-state index contributed by atoms with van der Waals surface area (Å²) >= 11 is 0. The molecule has 0 aliphatic carbocycles. The SMILES string of the molecule is CC(=O)C(C)OS(N)(=O)=O.[LiH]. The Bertz CT molecular complexity index is 224. The van der Waals surface area contributed by atoms with Crippen LogP contribution in [-0.2, 0) is 19.3 Å². The Labute approximate surface area is 77.7 Å². The molecule has 0 aromatic rings. The van der Waals surface area contributed by atoms with Crippen molar-refractivity contribution in [3.05, 3.63) is 0 Å². The second kappa shape index (κ2) is 4.90. The number of carbonyl (C=O) groups is 1. The normalized spacial score (nSPS) is 13.4. The van der Waals surface area contributed by atoms with Gasteiger partial charge in [0, 0.05) is 0 Å². The van der Waals surface area contributed by atoms with Crippen LogP contribution in [0.25, 0.3) is 0 Å². The van der Waals surface area contributed by atoms with Crippen LogP contribution in [0.15, 0.2) is 0 Å². The monoisotopic (exact) mass is 175 g/mol. The Morgan fingerprint density at radius 2 is 1.91 bits per heavy atom. The van der Waals surface area contributed by atoms with Gasteiger partial charge in [0.1, 0.15) is 6.10 Å². The van der Waals surface area contributed by atoms with Gasteiger partial charge in [-0.3, -0.25) is 4.79 Å². The first-order chi connectivity index (χ1) is 4.33. The van der Waals surface area contributed by atoms with Crippen LogP contribution < -0.4 is 5.14 Å². The zero-order chi connectivity index (χ0) is 8.36. The fraction of sp³-hybridized carbons (Fsp3) is 0.750. The minimum atomic E-state index is -3.99. The van der Waals surface area contributed by atoms with Gasteiger partial charge in [-0.15, -0.1) is 0 Å². The maximum absolute atomic E-state index is 10.4. The number of nitrogens with two attached hydrogens (primary N) is 1. The van der Waals surface area contributed by atoms with Crippen molar-refractivity contribution in [2.24, 2.45) is 5.14 Å². The van der Waals surface area contributed by atoms with Crippen LogP contribution >= 0.6 is 0 Å². The van der Waals surface area contributed by atoms with Crippen molar-refractivity contribution in [2.75, 3.05) is 0 Å². The van der Waals surface area contributed by atoms with Crippen molar-refractivity contribution in [3.8, 4) is 0 Å². The molecule has 1 atom stereocenters. The molecule has 0 amide bonds. The van der Waals surface area contributed by atoms with Gasteiger partial charge in [-0.1, -0.05) is 0 Å². The molecule has 62 valence electrons. The molecular formula is C4H10LiNO4S. The van der Waals surface area contributed by atoms with E-state index in [4.69, 9.17) is 0 Å². The van der Waals surface area contributed by atoms with Gasteiger partial charge in [0.15, 0.2) is 5.78 Å². The summed E-state index contributed by atoms with van der Waals surface area (Å²) in [7, 11) is -3.99. The van der Waals surface area contributed by atoms with Crippen molar-refractivity contribution in [1.29, 1.82) is 0 Å². The number of carbonyl (C=O) groups excluding carboxylic acids is 1. The topological polar surface area (TPSA) is 86.5 Å². The number of hydrogen-bond acceptors (Lipinski definition) is 4. The van der Waals surface area contributed by atoms with Gasteiger partial charge in [0.2, 0.25) is 0 Å². The molecule has 1 unspecified atom stereocenters. The van der Waals surface area contributed by atoms with Crippen LogP contribution in [0.5, 0.6) is 0 Å². The summed E-state index contributed by atoms with van der Waals surface area (Å²) in [6, 6.07) is 0. The minimum absolute atomic E-state index is 0. The van der Waals surface area contributed by atoms with Crippen LogP contribution in [0.1, 0.15) is 13.8 Å². The van der Waals surface area contributed by atoms with E-state index in [0.717, 1.165) is 0 Å². The van der Waals surface area contributed by atoms with Gasteiger partial charge >= 0.3 is 29.2 Å². The van der Waals surface area contributed by atoms with E-state index < -0.39 is 16.4 Å². The first-order valence-electron chi connectivity index (χ1n) is 2.54. The van der Waals surface area contributed by atoms with E-state index in [1.807, 2.05) is 0 Å². The average Bonchev–Trinajstić information content (AvgIpc) is 1.60. The molecule has 5 nitrogen and oxygen atoms in total. The molecule has 0 heterocycles. The molecule has 0 aliphatic rings. The van der Waals surface area contributed by atoms with Gasteiger partial charge in [-0.2, -0.15) is 8.42 Å². The number of rotatable bonds is 3. The summed E-state index contributed by atoms with van der Waals surface area (Å²) < 4.78 is 24.4. The molecule has 0 aromatic carbocycles. The quantitative estimate of drug-likeness (QED) is 0.531. The Balaban J connectivity index is 0. The van der Waals surface area contributed by atoms with Crippen molar-refractivity contribution < 1.29 is 17.4 Å². The molecular weight excluding hydrogens is 165 g/mol. The molecule has 0 saturated heterocycles. The predicted molar refractivity (Wildman–Crippen MR) is 41.5 cm³/mol. The van der Waals surface area contributed by atoms with E-state index in [9.17, 15) is 13.2 Å². The van der Waals surface area contributed by atoms with Crippen LogP contribution in [0.3, 0.4) is 0 Å². The van der Waals surface area contributed by atoms with Gasteiger partial charge in [0.25, 0.3) is 0 Å². The van der Waals surface area contributed by atoms with E-state index >= 15 is 0 Å².